The first kappa shape index (κ1) is 10.4. The Kier molecular flexibility index (Phi) is 3.36. The Morgan fingerprint density at radius 3 is 2.71 bits per heavy atom. The topological polar surface area (TPSA) is 57.5 Å². The molecule has 0 saturated heterocycles. The summed E-state index contributed by atoms with van der Waals surface area (Å²) in [5, 5.41) is 17.0. The van der Waals surface area contributed by atoms with Crippen LogP contribution in [0.3, 0.4) is 0 Å². The van der Waals surface area contributed by atoms with Gasteiger partial charge in [0.15, 0.2) is 0 Å². The van der Waals surface area contributed by atoms with Crippen molar-refractivity contribution in [3.8, 4) is 0 Å². The maximum atomic E-state index is 13.1. The summed E-state index contributed by atoms with van der Waals surface area (Å²) in [5.74, 6) is -1.78. The first-order chi connectivity index (χ1) is 6.65. The van der Waals surface area contributed by atoms with Gasteiger partial charge in [0.1, 0.15) is 5.82 Å². The number of rotatable bonds is 3. The van der Waals surface area contributed by atoms with Crippen LogP contribution in [-0.2, 0) is 0 Å². The Balaban J connectivity index is 3.01. The standard InChI is InChI=1S/C10H9FO3/c11-9-6-8(10(13)14)4-3-7(9)2-1-5-12/h1-4,6,12H,5H2,(H,13,14). The lowest BCUT2D eigenvalue weighted by molar-refractivity contribution is 0.0696. The Labute approximate surface area is 80.1 Å². The van der Waals surface area contributed by atoms with E-state index in [1.807, 2.05) is 0 Å². The molecule has 0 aliphatic carbocycles. The highest BCUT2D eigenvalue weighted by molar-refractivity contribution is 5.87. The molecule has 0 amide bonds. The Hall–Kier alpha value is -1.68. The van der Waals surface area contributed by atoms with E-state index in [-0.39, 0.29) is 17.7 Å². The predicted octanol–water partition coefficient (Wildman–Crippen LogP) is 1.53. The minimum absolute atomic E-state index is 0.0938. The second-order valence-electron chi connectivity index (χ2n) is 2.63. The van der Waals surface area contributed by atoms with Crippen LogP contribution in [0.2, 0.25) is 0 Å². The van der Waals surface area contributed by atoms with Crippen LogP contribution < -0.4 is 0 Å². The van der Waals surface area contributed by atoms with Gasteiger partial charge in [-0.05, 0) is 12.1 Å². The number of carboxylic acids is 1. The number of aliphatic hydroxyl groups excluding tert-OH is 1. The molecule has 1 aromatic rings. The fourth-order valence-corrected chi connectivity index (χ4v) is 0.975. The van der Waals surface area contributed by atoms with Gasteiger partial charge in [0.05, 0.1) is 12.2 Å². The van der Waals surface area contributed by atoms with Crippen LogP contribution in [0.4, 0.5) is 4.39 Å². The van der Waals surface area contributed by atoms with Crippen LogP contribution in [0.5, 0.6) is 0 Å². The van der Waals surface area contributed by atoms with Gasteiger partial charge in [0, 0.05) is 5.56 Å². The predicted molar refractivity (Wildman–Crippen MR) is 49.5 cm³/mol. The van der Waals surface area contributed by atoms with Gasteiger partial charge >= 0.3 is 5.97 Å². The van der Waals surface area contributed by atoms with Crippen molar-refractivity contribution in [1.29, 1.82) is 0 Å². The fourth-order valence-electron chi connectivity index (χ4n) is 0.975. The van der Waals surface area contributed by atoms with E-state index in [2.05, 4.69) is 0 Å². The molecule has 14 heavy (non-hydrogen) atoms. The lowest BCUT2D eigenvalue weighted by Gasteiger charge is -1.98. The van der Waals surface area contributed by atoms with Gasteiger partial charge in [-0.25, -0.2) is 9.18 Å². The highest BCUT2D eigenvalue weighted by atomic mass is 19.1. The number of aromatic carboxylic acids is 1. The number of hydrogen-bond acceptors (Lipinski definition) is 2. The lowest BCUT2D eigenvalue weighted by Crippen LogP contribution is -1.97. The van der Waals surface area contributed by atoms with Crippen molar-refractivity contribution in [2.24, 2.45) is 0 Å². The average Bonchev–Trinajstić information content (AvgIpc) is 2.15. The van der Waals surface area contributed by atoms with E-state index in [1.165, 1.54) is 24.3 Å². The van der Waals surface area contributed by atoms with Crippen LogP contribution in [0.15, 0.2) is 24.3 Å². The molecule has 3 nitrogen and oxygen atoms in total. The summed E-state index contributed by atoms with van der Waals surface area (Å²) in [6, 6.07) is 3.60. The van der Waals surface area contributed by atoms with Crippen molar-refractivity contribution >= 4 is 12.0 Å². The molecule has 0 saturated carbocycles. The van der Waals surface area contributed by atoms with Gasteiger partial charge in [-0.15, -0.1) is 0 Å². The molecule has 0 atom stereocenters. The number of halogens is 1. The first-order valence-electron chi connectivity index (χ1n) is 3.95. The van der Waals surface area contributed by atoms with Crippen molar-refractivity contribution in [3.05, 3.63) is 41.2 Å². The molecule has 0 aliphatic heterocycles. The van der Waals surface area contributed by atoms with Gasteiger partial charge in [-0.3, -0.25) is 0 Å². The summed E-state index contributed by atoms with van der Waals surface area (Å²) in [4.78, 5) is 10.5. The Morgan fingerprint density at radius 1 is 1.50 bits per heavy atom. The number of carboxylic acid groups (broad SMARTS) is 1. The zero-order valence-corrected chi connectivity index (χ0v) is 7.27. The molecule has 1 aromatic carbocycles. The number of aliphatic hydroxyl groups is 1. The van der Waals surface area contributed by atoms with Gasteiger partial charge in [0.2, 0.25) is 0 Å². The maximum absolute atomic E-state index is 13.1. The summed E-state index contributed by atoms with van der Waals surface area (Å²) in [6.07, 6.45) is 2.76. The molecule has 4 heteroatoms. The summed E-state index contributed by atoms with van der Waals surface area (Å²) < 4.78 is 13.1. The van der Waals surface area contributed by atoms with E-state index in [1.54, 1.807) is 0 Å². The van der Waals surface area contributed by atoms with Crippen LogP contribution >= 0.6 is 0 Å². The van der Waals surface area contributed by atoms with Crippen molar-refractivity contribution in [1.82, 2.24) is 0 Å². The molecular weight excluding hydrogens is 187 g/mol. The van der Waals surface area contributed by atoms with E-state index in [9.17, 15) is 9.18 Å². The second kappa shape index (κ2) is 4.53. The molecule has 0 spiro atoms. The molecule has 0 radical (unpaired) electrons. The quantitative estimate of drug-likeness (QED) is 0.770. The second-order valence-corrected chi connectivity index (χ2v) is 2.63. The van der Waals surface area contributed by atoms with E-state index in [0.717, 1.165) is 6.07 Å². The van der Waals surface area contributed by atoms with Gasteiger partial charge in [-0.1, -0.05) is 18.2 Å². The van der Waals surface area contributed by atoms with Crippen molar-refractivity contribution < 1.29 is 19.4 Å². The average molecular weight is 196 g/mol. The summed E-state index contributed by atoms with van der Waals surface area (Å²) >= 11 is 0. The highest BCUT2D eigenvalue weighted by Crippen LogP contribution is 2.11. The molecule has 74 valence electrons. The smallest absolute Gasteiger partial charge is 0.335 e. The molecule has 0 bridgehead atoms. The minimum Gasteiger partial charge on any atom is -0.478 e. The van der Waals surface area contributed by atoms with E-state index >= 15 is 0 Å². The van der Waals surface area contributed by atoms with Crippen LogP contribution in [0.25, 0.3) is 6.08 Å². The lowest BCUT2D eigenvalue weighted by atomic mass is 10.1. The zero-order chi connectivity index (χ0) is 10.6. The van der Waals surface area contributed by atoms with Crippen LogP contribution in [0, 0.1) is 5.82 Å². The van der Waals surface area contributed by atoms with Crippen molar-refractivity contribution in [2.75, 3.05) is 6.61 Å². The van der Waals surface area contributed by atoms with Crippen LogP contribution in [0.1, 0.15) is 15.9 Å². The third kappa shape index (κ3) is 2.40. The SMILES string of the molecule is O=C(O)c1ccc(C=CCO)c(F)c1. The minimum atomic E-state index is -1.17. The molecule has 0 heterocycles. The molecule has 1 rings (SSSR count). The van der Waals surface area contributed by atoms with Crippen molar-refractivity contribution in [3.63, 3.8) is 0 Å². The van der Waals surface area contributed by atoms with E-state index < -0.39 is 11.8 Å². The maximum Gasteiger partial charge on any atom is 0.335 e. The largest absolute Gasteiger partial charge is 0.478 e. The van der Waals surface area contributed by atoms with Gasteiger partial charge in [-0.2, -0.15) is 0 Å². The highest BCUT2D eigenvalue weighted by Gasteiger charge is 2.05. The molecule has 0 aliphatic rings. The third-order valence-corrected chi connectivity index (χ3v) is 1.65. The van der Waals surface area contributed by atoms with E-state index in [0.29, 0.717) is 0 Å². The first-order valence-corrected chi connectivity index (χ1v) is 3.95. The number of hydrogen-bond donors (Lipinski definition) is 2. The third-order valence-electron chi connectivity index (χ3n) is 1.65. The summed E-state index contributed by atoms with van der Waals surface area (Å²) in [5.41, 5.74) is 0.160. The normalized spacial score (nSPS) is 10.7. The monoisotopic (exact) mass is 196 g/mol. The summed E-state index contributed by atoms with van der Waals surface area (Å²) in [6.45, 7) is -0.180. The van der Waals surface area contributed by atoms with Gasteiger partial charge < -0.3 is 10.2 Å². The molecular formula is C10H9FO3. The van der Waals surface area contributed by atoms with Crippen LogP contribution in [-0.4, -0.2) is 22.8 Å². The molecule has 0 aromatic heterocycles. The Morgan fingerprint density at radius 2 is 2.21 bits per heavy atom. The van der Waals surface area contributed by atoms with Gasteiger partial charge in [0.25, 0.3) is 0 Å². The fraction of sp³-hybridized carbons (Fsp3) is 0.100. The molecule has 2 N–H and O–H groups in total. The zero-order valence-electron chi connectivity index (χ0n) is 7.27. The van der Waals surface area contributed by atoms with Crippen molar-refractivity contribution in [2.45, 2.75) is 0 Å². The van der Waals surface area contributed by atoms with E-state index in [4.69, 9.17) is 10.2 Å². The molecule has 0 fully saturated rings. The Bertz CT molecular complexity index is 372. The number of benzene rings is 1. The number of carbonyl (C=O) groups is 1. The summed E-state index contributed by atoms with van der Waals surface area (Å²) in [7, 11) is 0. The molecule has 0 unspecified atom stereocenters.